The predicted octanol–water partition coefficient (Wildman–Crippen LogP) is 2.54. The molecule has 158 valence electrons. The number of anilines is 1. The SMILES string of the molecule is N#Cc1ccc(-n2nccn2)c(C(=O)N2CCC(F)(F)C2CNc2ncc(Cl)cn2)c1. The topological polar surface area (TPSA) is 113 Å². The van der Waals surface area contributed by atoms with Crippen molar-refractivity contribution in [2.75, 3.05) is 18.4 Å². The van der Waals surface area contributed by atoms with Crippen molar-refractivity contribution in [2.45, 2.75) is 18.4 Å². The average molecular weight is 445 g/mol. The number of carbonyl (C=O) groups is 1. The molecule has 3 heterocycles. The Hall–Kier alpha value is -3.65. The molecule has 1 amide bonds. The number of amides is 1. The van der Waals surface area contributed by atoms with E-state index in [1.165, 1.54) is 47.8 Å². The third kappa shape index (κ3) is 4.15. The summed E-state index contributed by atoms with van der Waals surface area (Å²) >= 11 is 5.74. The standard InChI is InChI=1S/C19H15ClF2N8O/c20-13-9-24-18(25-10-13)26-11-16-19(21,22)3-6-29(16)17(31)14-7-12(8-23)1-2-15(14)30-27-4-5-28-30/h1-2,4-5,7,9-10,16H,3,6,11H2,(H,24,25,26). The molecule has 31 heavy (non-hydrogen) atoms. The van der Waals surface area contributed by atoms with Crippen LogP contribution in [0.15, 0.2) is 43.0 Å². The van der Waals surface area contributed by atoms with E-state index >= 15 is 0 Å². The van der Waals surface area contributed by atoms with Crippen molar-refractivity contribution in [3.8, 4) is 11.8 Å². The number of nitriles is 1. The number of aromatic nitrogens is 5. The molecule has 1 aliphatic heterocycles. The molecule has 0 spiro atoms. The summed E-state index contributed by atoms with van der Waals surface area (Å²) in [5, 5.41) is 20.3. The van der Waals surface area contributed by atoms with E-state index in [4.69, 9.17) is 11.6 Å². The summed E-state index contributed by atoms with van der Waals surface area (Å²) in [6.45, 7) is -0.421. The first-order valence-corrected chi connectivity index (χ1v) is 9.58. The van der Waals surface area contributed by atoms with Gasteiger partial charge >= 0.3 is 0 Å². The van der Waals surface area contributed by atoms with Crippen LogP contribution >= 0.6 is 11.6 Å². The van der Waals surface area contributed by atoms with E-state index in [2.05, 4.69) is 25.5 Å². The zero-order valence-electron chi connectivity index (χ0n) is 15.9. The molecule has 3 aromatic rings. The second-order valence-corrected chi connectivity index (χ2v) is 7.23. The monoisotopic (exact) mass is 444 g/mol. The van der Waals surface area contributed by atoms with E-state index in [0.29, 0.717) is 5.02 Å². The van der Waals surface area contributed by atoms with Gasteiger partial charge in [-0.05, 0) is 18.2 Å². The van der Waals surface area contributed by atoms with E-state index in [1.54, 1.807) is 0 Å². The van der Waals surface area contributed by atoms with Crippen LogP contribution in [0.1, 0.15) is 22.3 Å². The van der Waals surface area contributed by atoms with Crippen molar-refractivity contribution in [2.24, 2.45) is 0 Å². The maximum absolute atomic E-state index is 14.6. The predicted molar refractivity (Wildman–Crippen MR) is 106 cm³/mol. The minimum Gasteiger partial charge on any atom is -0.352 e. The minimum absolute atomic E-state index is 0.0562. The van der Waals surface area contributed by atoms with Gasteiger partial charge in [-0.3, -0.25) is 4.79 Å². The summed E-state index contributed by atoms with van der Waals surface area (Å²) in [7, 11) is 0. The van der Waals surface area contributed by atoms with Crippen molar-refractivity contribution in [3.63, 3.8) is 0 Å². The highest BCUT2D eigenvalue weighted by Crippen LogP contribution is 2.35. The largest absolute Gasteiger partial charge is 0.352 e. The number of nitrogens with one attached hydrogen (secondary N) is 1. The summed E-state index contributed by atoms with van der Waals surface area (Å²) in [6, 6.07) is 4.88. The fourth-order valence-electron chi connectivity index (χ4n) is 3.36. The van der Waals surface area contributed by atoms with Gasteiger partial charge in [-0.15, -0.1) is 0 Å². The van der Waals surface area contributed by atoms with E-state index < -0.39 is 24.3 Å². The smallest absolute Gasteiger partial charge is 0.271 e. The molecular formula is C19H15ClF2N8O. The number of alkyl halides is 2. The van der Waals surface area contributed by atoms with Gasteiger partial charge in [0.1, 0.15) is 6.04 Å². The highest BCUT2D eigenvalue weighted by Gasteiger charge is 2.51. The Morgan fingerprint density at radius 3 is 2.68 bits per heavy atom. The van der Waals surface area contributed by atoms with Crippen molar-refractivity contribution in [1.82, 2.24) is 29.9 Å². The number of nitrogens with zero attached hydrogens (tertiary/aromatic N) is 7. The molecule has 1 atom stereocenters. The normalized spacial score (nSPS) is 17.4. The number of hydrogen-bond donors (Lipinski definition) is 1. The molecule has 1 saturated heterocycles. The summed E-state index contributed by atoms with van der Waals surface area (Å²) in [5.41, 5.74) is 0.562. The van der Waals surface area contributed by atoms with Crippen LogP contribution in [-0.2, 0) is 0 Å². The van der Waals surface area contributed by atoms with E-state index in [1.807, 2.05) is 6.07 Å². The van der Waals surface area contributed by atoms with Gasteiger partial charge in [-0.1, -0.05) is 11.6 Å². The molecule has 4 rings (SSSR count). The summed E-state index contributed by atoms with van der Waals surface area (Å²) in [4.78, 5) is 23.5. The Morgan fingerprint density at radius 1 is 1.29 bits per heavy atom. The van der Waals surface area contributed by atoms with Crippen LogP contribution in [0.5, 0.6) is 0 Å². The number of carbonyl (C=O) groups excluding carboxylic acids is 1. The molecule has 2 aromatic heterocycles. The maximum Gasteiger partial charge on any atom is 0.271 e. The fraction of sp³-hybridized carbons (Fsp3) is 0.263. The zero-order valence-corrected chi connectivity index (χ0v) is 16.7. The van der Waals surface area contributed by atoms with E-state index in [0.717, 1.165) is 4.90 Å². The molecule has 12 heteroatoms. The quantitative estimate of drug-likeness (QED) is 0.643. The molecule has 0 radical (unpaired) electrons. The number of likely N-dealkylation sites (tertiary alicyclic amines) is 1. The molecule has 1 N–H and O–H groups in total. The molecule has 1 aliphatic rings. The highest BCUT2D eigenvalue weighted by molar-refractivity contribution is 6.30. The Morgan fingerprint density at radius 2 is 2.00 bits per heavy atom. The van der Waals surface area contributed by atoms with Crippen molar-refractivity contribution in [3.05, 3.63) is 59.1 Å². The second kappa shape index (κ2) is 8.23. The van der Waals surface area contributed by atoms with Crippen LogP contribution < -0.4 is 5.32 Å². The highest BCUT2D eigenvalue weighted by atomic mass is 35.5. The molecule has 1 unspecified atom stereocenters. The third-order valence-corrected chi connectivity index (χ3v) is 5.07. The first-order valence-electron chi connectivity index (χ1n) is 9.20. The molecule has 1 fully saturated rings. The van der Waals surface area contributed by atoms with Gasteiger partial charge in [0.05, 0.1) is 52.7 Å². The van der Waals surface area contributed by atoms with Gasteiger partial charge in [0.15, 0.2) is 0 Å². The fourth-order valence-corrected chi connectivity index (χ4v) is 3.46. The number of halogens is 3. The second-order valence-electron chi connectivity index (χ2n) is 6.79. The van der Waals surface area contributed by atoms with Gasteiger partial charge in [-0.25, -0.2) is 18.7 Å². The molecule has 0 aliphatic carbocycles. The minimum atomic E-state index is -3.12. The Balaban J connectivity index is 1.64. The summed E-state index contributed by atoms with van der Waals surface area (Å²) < 4.78 is 29.3. The van der Waals surface area contributed by atoms with Gasteiger partial charge in [0, 0.05) is 19.5 Å². The first kappa shape index (κ1) is 20.6. The van der Waals surface area contributed by atoms with Crippen LogP contribution in [0.4, 0.5) is 14.7 Å². The lowest BCUT2D eigenvalue weighted by molar-refractivity contribution is -0.0249. The van der Waals surface area contributed by atoms with Crippen LogP contribution in [0.3, 0.4) is 0 Å². The van der Waals surface area contributed by atoms with Crippen molar-refractivity contribution < 1.29 is 13.6 Å². The first-order chi connectivity index (χ1) is 14.9. The Bertz CT molecular complexity index is 1130. The van der Waals surface area contributed by atoms with Gasteiger partial charge in [0.2, 0.25) is 5.95 Å². The van der Waals surface area contributed by atoms with E-state index in [-0.39, 0.29) is 35.9 Å². The van der Waals surface area contributed by atoms with Crippen LogP contribution in [0, 0.1) is 11.3 Å². The van der Waals surface area contributed by atoms with Crippen molar-refractivity contribution in [1.29, 1.82) is 5.26 Å². The Labute approximate surface area is 180 Å². The van der Waals surface area contributed by atoms with Crippen LogP contribution in [0.2, 0.25) is 5.02 Å². The van der Waals surface area contributed by atoms with Gasteiger partial charge in [-0.2, -0.15) is 20.3 Å². The maximum atomic E-state index is 14.6. The summed E-state index contributed by atoms with van der Waals surface area (Å²) in [6.07, 6.45) is 5.04. The lowest BCUT2D eigenvalue weighted by Gasteiger charge is -2.28. The number of rotatable bonds is 5. The lowest BCUT2D eigenvalue weighted by atomic mass is 10.1. The zero-order chi connectivity index (χ0) is 22.0. The average Bonchev–Trinajstić information content (AvgIpc) is 3.40. The third-order valence-electron chi connectivity index (χ3n) is 4.87. The van der Waals surface area contributed by atoms with Gasteiger partial charge < -0.3 is 10.2 Å². The molecule has 0 saturated carbocycles. The molecular weight excluding hydrogens is 430 g/mol. The van der Waals surface area contributed by atoms with E-state index in [9.17, 15) is 18.8 Å². The van der Waals surface area contributed by atoms with Gasteiger partial charge in [0.25, 0.3) is 11.8 Å². The molecule has 9 nitrogen and oxygen atoms in total. The molecule has 1 aromatic carbocycles. The number of benzene rings is 1. The van der Waals surface area contributed by atoms with Crippen LogP contribution in [-0.4, -0.2) is 60.8 Å². The summed E-state index contributed by atoms with van der Waals surface area (Å²) in [5.74, 6) is -3.65. The Kier molecular flexibility index (Phi) is 5.48. The molecule has 0 bridgehead atoms. The number of hydrogen-bond acceptors (Lipinski definition) is 7. The lowest BCUT2D eigenvalue weighted by Crippen LogP contribution is -2.47. The van der Waals surface area contributed by atoms with Crippen LogP contribution in [0.25, 0.3) is 5.69 Å². The van der Waals surface area contributed by atoms with Crippen molar-refractivity contribution >= 4 is 23.5 Å².